The second-order valence-corrected chi connectivity index (χ2v) is 3.05. The van der Waals surface area contributed by atoms with Crippen LogP contribution in [0, 0.1) is 6.92 Å². The molecule has 0 fully saturated rings. The summed E-state index contributed by atoms with van der Waals surface area (Å²) in [5.74, 6) is 0. The first-order valence-corrected chi connectivity index (χ1v) is 4.46. The van der Waals surface area contributed by atoms with E-state index in [0.717, 1.165) is 18.5 Å². The van der Waals surface area contributed by atoms with Crippen LogP contribution in [0.4, 0.5) is 5.69 Å². The van der Waals surface area contributed by atoms with Crippen LogP contribution in [-0.4, -0.2) is 0 Å². The lowest BCUT2D eigenvalue weighted by Gasteiger charge is -2.00. The molecule has 0 spiro atoms. The van der Waals surface area contributed by atoms with Gasteiger partial charge in [-0.05, 0) is 30.5 Å². The summed E-state index contributed by atoms with van der Waals surface area (Å²) >= 11 is 0. The number of anilines is 1. The third kappa shape index (κ3) is 2.95. The molecule has 0 heterocycles. The van der Waals surface area contributed by atoms with Crippen LogP contribution in [-0.2, 0) is 6.42 Å². The maximum atomic E-state index is 5.57. The van der Waals surface area contributed by atoms with E-state index in [1.165, 1.54) is 18.4 Å². The first kappa shape index (κ1) is 9.11. The Labute approximate surface area is 74.6 Å². The Hall–Kier alpha value is -0.980. The molecule has 0 saturated carbocycles. The summed E-state index contributed by atoms with van der Waals surface area (Å²) in [4.78, 5) is 0. The third-order valence-electron chi connectivity index (χ3n) is 1.95. The van der Waals surface area contributed by atoms with Crippen molar-refractivity contribution in [1.82, 2.24) is 0 Å². The summed E-state index contributed by atoms with van der Waals surface area (Å²) in [5, 5.41) is 0. The molecular weight excluding hydrogens is 146 g/mol. The number of aryl methyl sites for hydroxylation is 1. The average Bonchev–Trinajstić information content (AvgIpc) is 2.09. The topological polar surface area (TPSA) is 26.0 Å². The summed E-state index contributed by atoms with van der Waals surface area (Å²) < 4.78 is 0. The zero-order valence-electron chi connectivity index (χ0n) is 7.42. The number of rotatable bonds is 4. The normalized spacial score (nSPS) is 10.1. The van der Waals surface area contributed by atoms with Crippen molar-refractivity contribution in [1.29, 1.82) is 0 Å². The largest absolute Gasteiger partial charge is 0.399 e. The van der Waals surface area contributed by atoms with Crippen molar-refractivity contribution in [3.05, 3.63) is 36.8 Å². The minimum Gasteiger partial charge on any atom is -0.399 e. The van der Waals surface area contributed by atoms with E-state index < -0.39 is 0 Å². The van der Waals surface area contributed by atoms with Crippen molar-refractivity contribution >= 4 is 5.69 Å². The number of unbranched alkanes of at least 4 members (excludes halogenated alkanes) is 2. The van der Waals surface area contributed by atoms with Gasteiger partial charge in [0.1, 0.15) is 0 Å². The monoisotopic (exact) mass is 162 g/mol. The highest BCUT2D eigenvalue weighted by Crippen LogP contribution is 2.09. The Morgan fingerprint density at radius 2 is 1.75 bits per heavy atom. The van der Waals surface area contributed by atoms with Gasteiger partial charge in [0.05, 0.1) is 0 Å². The average molecular weight is 162 g/mol. The molecule has 0 atom stereocenters. The van der Waals surface area contributed by atoms with Crippen LogP contribution in [0.15, 0.2) is 24.3 Å². The van der Waals surface area contributed by atoms with Crippen molar-refractivity contribution in [3.63, 3.8) is 0 Å². The fraction of sp³-hybridized carbons (Fsp3) is 0.364. The van der Waals surface area contributed by atoms with Gasteiger partial charge in [-0.2, -0.15) is 0 Å². The predicted molar refractivity (Wildman–Crippen MR) is 53.8 cm³/mol. The minimum absolute atomic E-state index is 0.843. The molecule has 1 aromatic rings. The van der Waals surface area contributed by atoms with Gasteiger partial charge in [-0.3, -0.25) is 0 Å². The highest BCUT2D eigenvalue weighted by Gasteiger charge is 1.91. The molecule has 0 aromatic heterocycles. The van der Waals surface area contributed by atoms with E-state index in [1.807, 2.05) is 12.1 Å². The van der Waals surface area contributed by atoms with E-state index in [1.54, 1.807) is 0 Å². The Morgan fingerprint density at radius 3 is 2.33 bits per heavy atom. The molecule has 65 valence electrons. The zero-order valence-corrected chi connectivity index (χ0v) is 7.42. The number of hydrogen-bond acceptors (Lipinski definition) is 1. The van der Waals surface area contributed by atoms with E-state index >= 15 is 0 Å². The molecule has 1 aromatic carbocycles. The molecule has 0 aliphatic rings. The van der Waals surface area contributed by atoms with Crippen LogP contribution in [0.5, 0.6) is 0 Å². The SMILES string of the molecule is [CH2]CCCCc1ccc(N)cc1. The molecular formula is C11H16N. The second-order valence-electron chi connectivity index (χ2n) is 3.05. The summed E-state index contributed by atoms with van der Waals surface area (Å²) in [6, 6.07) is 8.11. The summed E-state index contributed by atoms with van der Waals surface area (Å²) in [5.41, 5.74) is 7.79. The lowest BCUT2D eigenvalue weighted by molar-refractivity contribution is 0.746. The molecule has 2 N–H and O–H groups in total. The Morgan fingerprint density at radius 1 is 1.08 bits per heavy atom. The van der Waals surface area contributed by atoms with Gasteiger partial charge in [0.25, 0.3) is 0 Å². The Balaban J connectivity index is 2.37. The van der Waals surface area contributed by atoms with Crippen molar-refractivity contribution in [3.8, 4) is 0 Å². The first-order chi connectivity index (χ1) is 5.83. The molecule has 0 unspecified atom stereocenters. The van der Waals surface area contributed by atoms with E-state index in [4.69, 9.17) is 5.73 Å². The van der Waals surface area contributed by atoms with E-state index in [0.29, 0.717) is 0 Å². The lowest BCUT2D eigenvalue weighted by Crippen LogP contribution is -1.87. The molecule has 1 nitrogen and oxygen atoms in total. The molecule has 12 heavy (non-hydrogen) atoms. The number of hydrogen-bond donors (Lipinski definition) is 1. The van der Waals surface area contributed by atoms with Crippen LogP contribution < -0.4 is 5.73 Å². The lowest BCUT2D eigenvalue weighted by atomic mass is 10.1. The summed E-state index contributed by atoms with van der Waals surface area (Å²) in [7, 11) is 0. The zero-order chi connectivity index (χ0) is 8.81. The van der Waals surface area contributed by atoms with Gasteiger partial charge in [0, 0.05) is 5.69 Å². The van der Waals surface area contributed by atoms with Crippen LogP contribution in [0.3, 0.4) is 0 Å². The Kier molecular flexibility index (Phi) is 3.65. The fourth-order valence-corrected chi connectivity index (χ4v) is 1.19. The number of nitrogen functional groups attached to an aromatic ring is 1. The van der Waals surface area contributed by atoms with Gasteiger partial charge in [-0.15, -0.1) is 0 Å². The van der Waals surface area contributed by atoms with Crippen LogP contribution >= 0.6 is 0 Å². The van der Waals surface area contributed by atoms with Gasteiger partial charge in [0.2, 0.25) is 0 Å². The molecule has 0 bridgehead atoms. The van der Waals surface area contributed by atoms with Crippen LogP contribution in [0.25, 0.3) is 0 Å². The maximum absolute atomic E-state index is 5.57. The highest BCUT2D eigenvalue weighted by atomic mass is 14.5. The third-order valence-corrected chi connectivity index (χ3v) is 1.95. The van der Waals surface area contributed by atoms with Gasteiger partial charge in [0.15, 0.2) is 0 Å². The van der Waals surface area contributed by atoms with E-state index in [-0.39, 0.29) is 0 Å². The van der Waals surface area contributed by atoms with Gasteiger partial charge >= 0.3 is 0 Å². The van der Waals surface area contributed by atoms with Crippen molar-refractivity contribution < 1.29 is 0 Å². The Bertz CT molecular complexity index is 213. The molecule has 1 heteroatoms. The summed E-state index contributed by atoms with van der Waals surface area (Å²) in [6.07, 6.45) is 4.63. The standard InChI is InChI=1S/C11H16N/c1-2-3-4-5-10-6-8-11(12)9-7-10/h6-9H,1-5,12H2. The van der Waals surface area contributed by atoms with Crippen molar-refractivity contribution in [2.45, 2.75) is 25.7 Å². The number of benzene rings is 1. The molecule has 0 aliphatic heterocycles. The van der Waals surface area contributed by atoms with Crippen molar-refractivity contribution in [2.75, 3.05) is 5.73 Å². The van der Waals surface area contributed by atoms with Gasteiger partial charge < -0.3 is 5.73 Å². The minimum atomic E-state index is 0.843. The second kappa shape index (κ2) is 4.81. The smallest absolute Gasteiger partial charge is 0.0314 e. The molecule has 0 saturated heterocycles. The quantitative estimate of drug-likeness (QED) is 0.534. The summed E-state index contributed by atoms with van der Waals surface area (Å²) in [6.45, 7) is 3.81. The maximum Gasteiger partial charge on any atom is 0.0314 e. The molecule has 0 aliphatic carbocycles. The molecule has 1 radical (unpaired) electrons. The predicted octanol–water partition coefficient (Wildman–Crippen LogP) is 2.82. The highest BCUT2D eigenvalue weighted by molar-refractivity contribution is 5.39. The van der Waals surface area contributed by atoms with Crippen LogP contribution in [0.1, 0.15) is 24.8 Å². The van der Waals surface area contributed by atoms with Crippen molar-refractivity contribution in [2.24, 2.45) is 0 Å². The molecule has 1 rings (SSSR count). The van der Waals surface area contributed by atoms with E-state index in [9.17, 15) is 0 Å². The van der Waals surface area contributed by atoms with Gasteiger partial charge in [-0.1, -0.05) is 31.9 Å². The van der Waals surface area contributed by atoms with E-state index in [2.05, 4.69) is 19.1 Å². The van der Waals surface area contributed by atoms with Crippen LogP contribution in [0.2, 0.25) is 0 Å². The van der Waals surface area contributed by atoms with Gasteiger partial charge in [-0.25, -0.2) is 0 Å². The first-order valence-electron chi connectivity index (χ1n) is 4.46. The fourth-order valence-electron chi connectivity index (χ4n) is 1.19. The number of nitrogens with two attached hydrogens (primary N) is 1. The molecule has 0 amide bonds.